The van der Waals surface area contributed by atoms with Crippen LogP contribution in [0, 0.1) is 0 Å². The maximum atomic E-state index is 11.1. The van der Waals surface area contributed by atoms with Crippen molar-refractivity contribution in [2.24, 2.45) is 4.99 Å². The number of aromatic hydroxyl groups is 1. The molecule has 2 aromatic rings. The summed E-state index contributed by atoms with van der Waals surface area (Å²) in [6, 6.07) is 5.80. The number of nitrogens with zero attached hydrogens (tertiary/aromatic N) is 1. The van der Waals surface area contributed by atoms with Gasteiger partial charge in [0.2, 0.25) is 5.88 Å². The van der Waals surface area contributed by atoms with Crippen LogP contribution in [0.25, 0.3) is 11.6 Å². The van der Waals surface area contributed by atoms with Gasteiger partial charge in [0.25, 0.3) is 0 Å². The predicted molar refractivity (Wildman–Crippen MR) is 76.8 cm³/mol. The number of rotatable bonds is 1. The van der Waals surface area contributed by atoms with E-state index < -0.39 is 0 Å². The number of halogens is 1. The van der Waals surface area contributed by atoms with Gasteiger partial charge in [-0.2, -0.15) is 0 Å². The van der Waals surface area contributed by atoms with E-state index in [-0.39, 0.29) is 10.8 Å². The first kappa shape index (κ1) is 11.4. The Morgan fingerprint density at radius 1 is 1.44 bits per heavy atom. The SMILES string of the molecule is O=c1[nH]c(O)c(/C=C2\C=Nc3cc(Br)ccc32)s1. The third kappa shape index (κ3) is 1.93. The molecule has 1 aliphatic heterocycles. The first-order chi connectivity index (χ1) is 8.63. The van der Waals surface area contributed by atoms with E-state index in [9.17, 15) is 9.90 Å². The van der Waals surface area contributed by atoms with Crippen molar-refractivity contribution in [1.82, 2.24) is 4.98 Å². The van der Waals surface area contributed by atoms with Crippen LogP contribution in [0.4, 0.5) is 5.69 Å². The van der Waals surface area contributed by atoms with Crippen LogP contribution in [-0.2, 0) is 0 Å². The molecule has 0 unspecified atom stereocenters. The molecule has 0 fully saturated rings. The van der Waals surface area contributed by atoms with Crippen LogP contribution in [0.5, 0.6) is 5.88 Å². The van der Waals surface area contributed by atoms with Gasteiger partial charge in [-0.25, -0.2) is 0 Å². The number of aromatic nitrogens is 1. The van der Waals surface area contributed by atoms with E-state index in [1.807, 2.05) is 18.2 Å². The van der Waals surface area contributed by atoms with Crippen LogP contribution in [0.1, 0.15) is 10.4 Å². The highest BCUT2D eigenvalue weighted by Gasteiger charge is 2.14. The van der Waals surface area contributed by atoms with Gasteiger partial charge in [-0.05, 0) is 18.2 Å². The summed E-state index contributed by atoms with van der Waals surface area (Å²) in [5, 5.41) is 9.54. The molecule has 0 aliphatic carbocycles. The van der Waals surface area contributed by atoms with Gasteiger partial charge >= 0.3 is 4.87 Å². The molecular weight excluding hydrogens is 316 g/mol. The lowest BCUT2D eigenvalue weighted by Crippen LogP contribution is -1.89. The predicted octanol–water partition coefficient (Wildman–Crippen LogP) is 3.16. The quantitative estimate of drug-likeness (QED) is 0.847. The molecule has 2 N–H and O–H groups in total. The zero-order chi connectivity index (χ0) is 12.7. The first-order valence-electron chi connectivity index (χ1n) is 5.11. The van der Waals surface area contributed by atoms with E-state index in [1.54, 1.807) is 12.3 Å². The standard InChI is InChI=1S/C12H7BrN2O2S/c13-7-1-2-8-6(5-14-9(8)4-7)3-10-11(16)15-12(17)18-10/h1-5,16H,(H,15,17)/b6-3+. The number of hydrogen-bond acceptors (Lipinski definition) is 4. The van der Waals surface area contributed by atoms with E-state index in [0.29, 0.717) is 4.88 Å². The second-order valence-electron chi connectivity index (χ2n) is 3.75. The lowest BCUT2D eigenvalue weighted by molar-refractivity contribution is 0.455. The van der Waals surface area contributed by atoms with Crippen LogP contribution in [0.3, 0.4) is 0 Å². The van der Waals surface area contributed by atoms with Gasteiger partial charge in [0.15, 0.2) is 0 Å². The number of hydrogen-bond donors (Lipinski definition) is 2. The van der Waals surface area contributed by atoms with E-state index in [1.165, 1.54) is 0 Å². The fraction of sp³-hybridized carbons (Fsp3) is 0. The molecule has 1 aliphatic rings. The van der Waals surface area contributed by atoms with Gasteiger partial charge in [0, 0.05) is 21.8 Å². The maximum absolute atomic E-state index is 11.1. The molecule has 0 saturated carbocycles. The fourth-order valence-corrected chi connectivity index (χ4v) is 2.78. The number of aliphatic imine (C=N–C) groups is 1. The van der Waals surface area contributed by atoms with Crippen molar-refractivity contribution in [3.05, 3.63) is 42.8 Å². The van der Waals surface area contributed by atoms with Crippen molar-refractivity contribution >= 4 is 50.8 Å². The molecule has 6 heteroatoms. The molecule has 0 radical (unpaired) electrons. The number of fused-ring (bicyclic) bond motifs is 1. The highest BCUT2D eigenvalue weighted by Crippen LogP contribution is 2.35. The molecule has 18 heavy (non-hydrogen) atoms. The molecule has 0 atom stereocenters. The first-order valence-corrected chi connectivity index (χ1v) is 6.72. The van der Waals surface area contributed by atoms with Crippen LogP contribution in [0.15, 0.2) is 32.5 Å². The normalized spacial score (nSPS) is 15.3. The van der Waals surface area contributed by atoms with Crippen LogP contribution in [-0.4, -0.2) is 16.3 Å². The lowest BCUT2D eigenvalue weighted by atomic mass is 10.1. The number of nitrogens with one attached hydrogen (secondary N) is 1. The van der Waals surface area contributed by atoms with Crippen molar-refractivity contribution in [2.75, 3.05) is 0 Å². The summed E-state index contributed by atoms with van der Waals surface area (Å²) in [7, 11) is 0. The molecule has 1 aromatic carbocycles. The topological polar surface area (TPSA) is 65.5 Å². The summed E-state index contributed by atoms with van der Waals surface area (Å²) in [6.45, 7) is 0. The maximum Gasteiger partial charge on any atom is 0.307 e. The Bertz CT molecular complexity index is 743. The minimum Gasteiger partial charge on any atom is -0.493 e. The average molecular weight is 323 g/mol. The Hall–Kier alpha value is -1.66. The van der Waals surface area contributed by atoms with Gasteiger partial charge in [0.05, 0.1) is 10.6 Å². The summed E-state index contributed by atoms with van der Waals surface area (Å²) < 4.78 is 0.966. The summed E-state index contributed by atoms with van der Waals surface area (Å²) in [6.07, 6.45) is 3.47. The van der Waals surface area contributed by atoms with Crippen LogP contribution < -0.4 is 4.87 Å². The van der Waals surface area contributed by atoms with Crippen molar-refractivity contribution in [3.8, 4) is 5.88 Å². The van der Waals surface area contributed by atoms with Crippen molar-refractivity contribution in [3.63, 3.8) is 0 Å². The molecule has 3 rings (SSSR count). The number of benzene rings is 1. The molecular formula is C12H7BrN2O2S. The fourth-order valence-electron chi connectivity index (χ4n) is 1.75. The molecule has 2 heterocycles. The summed E-state index contributed by atoms with van der Waals surface area (Å²) in [5.41, 5.74) is 2.74. The van der Waals surface area contributed by atoms with Crippen molar-refractivity contribution < 1.29 is 5.11 Å². The van der Waals surface area contributed by atoms with Gasteiger partial charge in [-0.15, -0.1) is 0 Å². The Labute approximate surface area is 114 Å². The third-order valence-electron chi connectivity index (χ3n) is 2.56. The summed E-state index contributed by atoms with van der Waals surface area (Å²) >= 11 is 4.36. The van der Waals surface area contributed by atoms with Gasteiger partial charge in [0.1, 0.15) is 0 Å². The molecule has 1 aromatic heterocycles. The van der Waals surface area contributed by atoms with E-state index >= 15 is 0 Å². The van der Waals surface area contributed by atoms with E-state index in [2.05, 4.69) is 25.9 Å². The van der Waals surface area contributed by atoms with E-state index in [4.69, 9.17) is 0 Å². The van der Waals surface area contributed by atoms with Crippen LogP contribution >= 0.6 is 27.3 Å². The lowest BCUT2D eigenvalue weighted by Gasteiger charge is -1.99. The molecule has 4 nitrogen and oxygen atoms in total. The third-order valence-corrected chi connectivity index (χ3v) is 3.87. The minimum atomic E-state index is -0.273. The number of allylic oxidation sites excluding steroid dienone is 1. The van der Waals surface area contributed by atoms with E-state index in [0.717, 1.165) is 32.6 Å². The Balaban J connectivity index is 2.09. The van der Waals surface area contributed by atoms with Gasteiger partial charge in [-0.3, -0.25) is 14.8 Å². The molecule has 0 saturated heterocycles. The molecule has 0 amide bonds. The second-order valence-corrected chi connectivity index (χ2v) is 5.68. The highest BCUT2D eigenvalue weighted by molar-refractivity contribution is 9.10. The molecule has 0 spiro atoms. The number of thiazole rings is 1. The summed E-state index contributed by atoms with van der Waals surface area (Å²) in [5.74, 6) is -0.100. The zero-order valence-electron chi connectivity index (χ0n) is 8.98. The largest absolute Gasteiger partial charge is 0.493 e. The van der Waals surface area contributed by atoms with Gasteiger partial charge < -0.3 is 5.11 Å². The summed E-state index contributed by atoms with van der Waals surface area (Å²) in [4.78, 5) is 18.0. The Morgan fingerprint density at radius 2 is 2.28 bits per heavy atom. The minimum absolute atomic E-state index is 0.100. The van der Waals surface area contributed by atoms with Gasteiger partial charge in [-0.1, -0.05) is 33.3 Å². The Kier molecular flexibility index (Phi) is 2.68. The molecule has 90 valence electrons. The second kappa shape index (κ2) is 4.22. The average Bonchev–Trinajstić information content (AvgIpc) is 2.84. The molecule has 0 bridgehead atoms. The Morgan fingerprint density at radius 3 is 3.00 bits per heavy atom. The number of H-pyrrole nitrogens is 1. The van der Waals surface area contributed by atoms with Crippen molar-refractivity contribution in [2.45, 2.75) is 0 Å². The highest BCUT2D eigenvalue weighted by atomic mass is 79.9. The number of aromatic amines is 1. The van der Waals surface area contributed by atoms with Crippen molar-refractivity contribution in [1.29, 1.82) is 0 Å². The zero-order valence-corrected chi connectivity index (χ0v) is 11.4. The van der Waals surface area contributed by atoms with Crippen LogP contribution in [0.2, 0.25) is 0 Å². The monoisotopic (exact) mass is 322 g/mol. The smallest absolute Gasteiger partial charge is 0.307 e.